The average Bonchev–Trinajstić information content (AvgIpc) is 3.25. The van der Waals surface area contributed by atoms with Crippen LogP contribution in [0.4, 0.5) is 29.0 Å². The Labute approximate surface area is 151 Å². The van der Waals surface area contributed by atoms with Gasteiger partial charge in [0.2, 0.25) is 11.0 Å². The van der Waals surface area contributed by atoms with Gasteiger partial charge in [0, 0.05) is 30.0 Å². The molecule has 0 radical (unpaired) electrons. The van der Waals surface area contributed by atoms with Gasteiger partial charge in [0.25, 0.3) is 0 Å². The first-order valence-corrected chi connectivity index (χ1v) is 8.79. The summed E-state index contributed by atoms with van der Waals surface area (Å²) in [5.41, 5.74) is -0.517. The van der Waals surface area contributed by atoms with Gasteiger partial charge in [-0.1, -0.05) is 25.9 Å². The zero-order chi connectivity index (χ0) is 19.1. The van der Waals surface area contributed by atoms with Crippen molar-refractivity contribution in [3.8, 4) is 0 Å². The molecule has 0 bridgehead atoms. The molecule has 7 nitrogen and oxygen atoms in total. The van der Waals surface area contributed by atoms with Crippen LogP contribution < -0.4 is 10.3 Å². The van der Waals surface area contributed by atoms with Crippen LogP contribution >= 0.6 is 11.3 Å². The van der Waals surface area contributed by atoms with Gasteiger partial charge in [-0.2, -0.15) is 13.2 Å². The third-order valence-corrected chi connectivity index (χ3v) is 4.63. The van der Waals surface area contributed by atoms with Crippen LogP contribution in [0.15, 0.2) is 16.0 Å². The SMILES string of the molecule is CC(C)(C)c1cc(NC(=O)N2CCCN2c2nc(C(F)(F)F)cs2)on1. The van der Waals surface area contributed by atoms with Crippen molar-refractivity contribution in [2.45, 2.75) is 38.8 Å². The van der Waals surface area contributed by atoms with E-state index in [0.717, 1.165) is 16.7 Å². The lowest BCUT2D eigenvalue weighted by Gasteiger charge is -2.26. The summed E-state index contributed by atoms with van der Waals surface area (Å²) in [5.74, 6) is 0.182. The summed E-state index contributed by atoms with van der Waals surface area (Å²) < 4.78 is 43.4. The second-order valence-corrected chi connectivity index (χ2v) is 7.71. The van der Waals surface area contributed by atoms with Crippen molar-refractivity contribution >= 4 is 28.4 Å². The number of nitrogens with zero attached hydrogens (tertiary/aromatic N) is 4. The Hall–Kier alpha value is -2.30. The summed E-state index contributed by atoms with van der Waals surface area (Å²) in [6.07, 6.45) is -3.89. The fraction of sp³-hybridized carbons (Fsp3) is 0.533. The minimum atomic E-state index is -4.51. The van der Waals surface area contributed by atoms with Gasteiger partial charge >= 0.3 is 12.2 Å². The van der Waals surface area contributed by atoms with E-state index in [-0.39, 0.29) is 16.4 Å². The predicted octanol–water partition coefficient (Wildman–Crippen LogP) is 4.11. The van der Waals surface area contributed by atoms with Gasteiger partial charge in [-0.3, -0.25) is 10.3 Å². The Kier molecular flexibility index (Phi) is 4.59. The molecule has 3 heterocycles. The van der Waals surface area contributed by atoms with Crippen molar-refractivity contribution in [1.82, 2.24) is 15.1 Å². The summed E-state index contributed by atoms with van der Waals surface area (Å²) in [7, 11) is 0. The third kappa shape index (κ3) is 3.76. The standard InChI is InChI=1S/C15H18F3N5O2S/c1-14(2,3)9-7-11(25-21-9)20-12(24)22-5-4-6-23(22)13-19-10(8-26-13)15(16,17)18/h7-8H,4-6H2,1-3H3,(H,20,24). The van der Waals surface area contributed by atoms with Crippen molar-refractivity contribution in [1.29, 1.82) is 0 Å². The van der Waals surface area contributed by atoms with E-state index in [1.165, 1.54) is 10.0 Å². The van der Waals surface area contributed by atoms with Gasteiger partial charge in [-0.15, -0.1) is 11.3 Å². The Morgan fingerprint density at radius 2 is 2.00 bits per heavy atom. The summed E-state index contributed by atoms with van der Waals surface area (Å²) in [4.78, 5) is 16.1. The van der Waals surface area contributed by atoms with Gasteiger partial charge in [-0.25, -0.2) is 14.8 Å². The molecular formula is C15H18F3N5O2S. The average molecular weight is 389 g/mol. The number of aromatic nitrogens is 2. The zero-order valence-corrected chi connectivity index (χ0v) is 15.2. The first-order valence-electron chi connectivity index (χ1n) is 7.91. The lowest BCUT2D eigenvalue weighted by atomic mass is 9.92. The summed E-state index contributed by atoms with van der Waals surface area (Å²) in [6.45, 7) is 6.65. The molecule has 142 valence electrons. The van der Waals surface area contributed by atoms with Gasteiger partial charge in [0.1, 0.15) is 0 Å². The van der Waals surface area contributed by atoms with Crippen molar-refractivity contribution in [2.75, 3.05) is 23.4 Å². The Morgan fingerprint density at radius 1 is 1.27 bits per heavy atom. The van der Waals surface area contributed by atoms with Gasteiger partial charge in [0.15, 0.2) is 5.69 Å². The number of carbonyl (C=O) groups excluding carboxylic acids is 1. The van der Waals surface area contributed by atoms with E-state index < -0.39 is 17.9 Å². The molecule has 1 fully saturated rings. The number of hydrazine groups is 1. The highest BCUT2D eigenvalue weighted by Gasteiger charge is 2.36. The van der Waals surface area contributed by atoms with E-state index in [1.54, 1.807) is 6.07 Å². The van der Waals surface area contributed by atoms with Crippen LogP contribution in [0.25, 0.3) is 0 Å². The molecular weight excluding hydrogens is 371 g/mol. The maximum absolute atomic E-state index is 12.7. The van der Waals surface area contributed by atoms with Crippen LogP contribution in [-0.4, -0.2) is 34.3 Å². The summed E-state index contributed by atoms with van der Waals surface area (Å²) in [5, 5.41) is 10.3. The van der Waals surface area contributed by atoms with E-state index in [9.17, 15) is 18.0 Å². The highest BCUT2D eigenvalue weighted by molar-refractivity contribution is 7.13. The largest absolute Gasteiger partial charge is 0.434 e. The molecule has 0 spiro atoms. The summed E-state index contributed by atoms with van der Waals surface area (Å²) >= 11 is 0.846. The smallest absolute Gasteiger partial charge is 0.338 e. The number of hydrogen-bond acceptors (Lipinski definition) is 6. The van der Waals surface area contributed by atoms with E-state index in [0.29, 0.717) is 25.2 Å². The molecule has 26 heavy (non-hydrogen) atoms. The molecule has 0 aliphatic carbocycles. The lowest BCUT2D eigenvalue weighted by Crippen LogP contribution is -2.43. The number of nitrogens with one attached hydrogen (secondary N) is 1. The van der Waals surface area contributed by atoms with Crippen molar-refractivity contribution < 1.29 is 22.5 Å². The molecule has 11 heteroatoms. The molecule has 2 aromatic heterocycles. The predicted molar refractivity (Wildman–Crippen MR) is 90.0 cm³/mol. The zero-order valence-electron chi connectivity index (χ0n) is 14.4. The van der Waals surface area contributed by atoms with Crippen molar-refractivity contribution in [3.63, 3.8) is 0 Å². The maximum Gasteiger partial charge on any atom is 0.434 e. The molecule has 1 saturated heterocycles. The number of thiazole rings is 1. The minimum Gasteiger partial charge on any atom is -0.338 e. The number of carbonyl (C=O) groups is 1. The van der Waals surface area contributed by atoms with E-state index >= 15 is 0 Å². The molecule has 0 aromatic carbocycles. The second kappa shape index (κ2) is 6.45. The van der Waals surface area contributed by atoms with E-state index in [2.05, 4.69) is 15.5 Å². The number of alkyl halides is 3. The fourth-order valence-electron chi connectivity index (χ4n) is 2.39. The van der Waals surface area contributed by atoms with Crippen molar-refractivity contribution in [2.24, 2.45) is 0 Å². The van der Waals surface area contributed by atoms with Gasteiger partial charge in [-0.05, 0) is 6.42 Å². The monoisotopic (exact) mass is 389 g/mol. The molecule has 1 aliphatic rings. The van der Waals surface area contributed by atoms with Gasteiger partial charge < -0.3 is 4.52 Å². The van der Waals surface area contributed by atoms with Crippen LogP contribution in [0.3, 0.4) is 0 Å². The Morgan fingerprint density at radius 3 is 2.58 bits per heavy atom. The quantitative estimate of drug-likeness (QED) is 0.837. The van der Waals surface area contributed by atoms with Crippen LogP contribution in [0.5, 0.6) is 0 Å². The number of amides is 2. The molecule has 0 atom stereocenters. The van der Waals surface area contributed by atoms with E-state index in [4.69, 9.17) is 4.52 Å². The number of rotatable bonds is 2. The fourth-order valence-corrected chi connectivity index (χ4v) is 3.26. The Balaban J connectivity index is 1.72. The molecule has 3 rings (SSSR count). The number of urea groups is 1. The van der Waals surface area contributed by atoms with Crippen LogP contribution in [0.2, 0.25) is 0 Å². The topological polar surface area (TPSA) is 74.5 Å². The number of hydrogen-bond donors (Lipinski definition) is 1. The molecule has 2 aromatic rings. The number of halogens is 3. The highest BCUT2D eigenvalue weighted by atomic mass is 32.1. The number of anilines is 2. The minimum absolute atomic E-state index is 0.123. The molecule has 1 N–H and O–H groups in total. The molecule has 1 aliphatic heterocycles. The van der Waals surface area contributed by atoms with Crippen molar-refractivity contribution in [3.05, 3.63) is 22.8 Å². The third-order valence-electron chi connectivity index (χ3n) is 3.78. The lowest BCUT2D eigenvalue weighted by molar-refractivity contribution is -0.140. The second-order valence-electron chi connectivity index (χ2n) is 6.87. The summed E-state index contributed by atoms with van der Waals surface area (Å²) in [6, 6.07) is 1.12. The van der Waals surface area contributed by atoms with Crippen LogP contribution in [-0.2, 0) is 11.6 Å². The Bertz CT molecular complexity index is 796. The molecule has 0 saturated carbocycles. The first-order chi connectivity index (χ1) is 12.1. The van der Waals surface area contributed by atoms with E-state index in [1.807, 2.05) is 20.8 Å². The first kappa shape index (κ1) is 18.5. The van der Waals surface area contributed by atoms with Gasteiger partial charge in [0.05, 0.1) is 5.69 Å². The highest BCUT2D eigenvalue weighted by Crippen LogP contribution is 2.34. The molecule has 2 amide bonds. The molecule has 0 unspecified atom stereocenters. The van der Waals surface area contributed by atoms with Crippen LogP contribution in [0.1, 0.15) is 38.6 Å². The van der Waals surface area contributed by atoms with Crippen LogP contribution in [0, 0.1) is 0 Å². The maximum atomic E-state index is 12.7. The normalized spacial score (nSPS) is 15.6.